The Balaban J connectivity index is 1.94. The smallest absolute Gasteiger partial charge is 0.0558 e. The average Bonchev–Trinajstić information content (AvgIpc) is 2.30. The van der Waals surface area contributed by atoms with E-state index in [1.54, 1.807) is 0 Å². The van der Waals surface area contributed by atoms with E-state index >= 15 is 0 Å². The Labute approximate surface area is 97.9 Å². The van der Waals surface area contributed by atoms with Crippen molar-refractivity contribution in [1.29, 1.82) is 0 Å². The van der Waals surface area contributed by atoms with Gasteiger partial charge < -0.3 is 10.0 Å². The first-order chi connectivity index (χ1) is 7.79. The van der Waals surface area contributed by atoms with Crippen LogP contribution in [0.3, 0.4) is 0 Å². The van der Waals surface area contributed by atoms with Gasteiger partial charge in [-0.15, -0.1) is 0 Å². The number of hydrogen-bond acceptors (Lipinski definition) is 2. The van der Waals surface area contributed by atoms with Crippen LogP contribution in [-0.4, -0.2) is 36.2 Å². The Morgan fingerprint density at radius 3 is 2.69 bits per heavy atom. The molecule has 0 aromatic heterocycles. The largest absolute Gasteiger partial charge is 0.395 e. The van der Waals surface area contributed by atoms with E-state index in [1.807, 2.05) is 0 Å². The van der Waals surface area contributed by atoms with E-state index in [9.17, 15) is 0 Å². The SMILES string of the molecule is Cc1cccc(C2CCN(CCO)CC2)c1. The van der Waals surface area contributed by atoms with E-state index in [2.05, 4.69) is 36.1 Å². The number of benzene rings is 1. The lowest BCUT2D eigenvalue weighted by molar-refractivity contribution is 0.164. The summed E-state index contributed by atoms with van der Waals surface area (Å²) in [6, 6.07) is 8.88. The van der Waals surface area contributed by atoms with Crippen molar-refractivity contribution in [3.63, 3.8) is 0 Å². The molecule has 1 aliphatic rings. The van der Waals surface area contributed by atoms with E-state index in [-0.39, 0.29) is 6.61 Å². The van der Waals surface area contributed by atoms with Gasteiger partial charge in [0.05, 0.1) is 6.61 Å². The van der Waals surface area contributed by atoms with Crippen LogP contribution in [0.25, 0.3) is 0 Å². The highest BCUT2D eigenvalue weighted by atomic mass is 16.3. The van der Waals surface area contributed by atoms with Gasteiger partial charge in [-0.25, -0.2) is 0 Å². The van der Waals surface area contributed by atoms with Gasteiger partial charge in [0.1, 0.15) is 0 Å². The molecule has 0 unspecified atom stereocenters. The number of hydrogen-bond donors (Lipinski definition) is 1. The van der Waals surface area contributed by atoms with Crippen LogP contribution < -0.4 is 0 Å². The third-order valence-electron chi connectivity index (χ3n) is 3.52. The highest BCUT2D eigenvalue weighted by molar-refractivity contribution is 5.25. The number of aliphatic hydroxyl groups is 1. The second-order valence-electron chi connectivity index (χ2n) is 4.75. The van der Waals surface area contributed by atoms with Crippen molar-refractivity contribution >= 4 is 0 Å². The maximum absolute atomic E-state index is 8.90. The fraction of sp³-hybridized carbons (Fsp3) is 0.571. The second-order valence-corrected chi connectivity index (χ2v) is 4.75. The Morgan fingerprint density at radius 2 is 2.06 bits per heavy atom. The first-order valence-corrected chi connectivity index (χ1v) is 6.19. The quantitative estimate of drug-likeness (QED) is 0.842. The molecule has 1 fully saturated rings. The van der Waals surface area contributed by atoms with Crippen LogP contribution in [0.5, 0.6) is 0 Å². The molecule has 0 aliphatic carbocycles. The summed E-state index contributed by atoms with van der Waals surface area (Å²) < 4.78 is 0. The summed E-state index contributed by atoms with van der Waals surface area (Å²) in [6.07, 6.45) is 2.45. The van der Waals surface area contributed by atoms with Crippen LogP contribution in [0.15, 0.2) is 24.3 Å². The van der Waals surface area contributed by atoms with Crippen LogP contribution in [0.1, 0.15) is 29.9 Å². The third-order valence-corrected chi connectivity index (χ3v) is 3.52. The van der Waals surface area contributed by atoms with Crippen molar-refractivity contribution < 1.29 is 5.11 Å². The van der Waals surface area contributed by atoms with Crippen molar-refractivity contribution in [3.05, 3.63) is 35.4 Å². The number of rotatable bonds is 3. The normalized spacial score (nSPS) is 18.9. The third kappa shape index (κ3) is 2.83. The lowest BCUT2D eigenvalue weighted by atomic mass is 9.89. The van der Waals surface area contributed by atoms with Gasteiger partial charge in [-0.2, -0.15) is 0 Å². The molecular weight excluding hydrogens is 198 g/mol. The molecule has 1 N–H and O–H groups in total. The zero-order valence-electron chi connectivity index (χ0n) is 10.0. The van der Waals surface area contributed by atoms with Crippen molar-refractivity contribution in [3.8, 4) is 0 Å². The first kappa shape index (κ1) is 11.6. The van der Waals surface area contributed by atoms with Crippen molar-refractivity contribution in [2.24, 2.45) is 0 Å². The fourth-order valence-electron chi connectivity index (χ4n) is 2.56. The van der Waals surface area contributed by atoms with E-state index in [1.165, 1.54) is 24.0 Å². The lowest BCUT2D eigenvalue weighted by Crippen LogP contribution is -2.34. The van der Waals surface area contributed by atoms with Gasteiger partial charge >= 0.3 is 0 Å². The molecule has 0 radical (unpaired) electrons. The van der Waals surface area contributed by atoms with Gasteiger partial charge in [0.2, 0.25) is 0 Å². The summed E-state index contributed by atoms with van der Waals surface area (Å²) in [5.41, 5.74) is 2.85. The monoisotopic (exact) mass is 219 g/mol. The Hall–Kier alpha value is -0.860. The minimum absolute atomic E-state index is 0.287. The van der Waals surface area contributed by atoms with Crippen LogP contribution in [0.2, 0.25) is 0 Å². The predicted octanol–water partition coefficient (Wildman–Crippen LogP) is 2.17. The molecule has 0 saturated carbocycles. The molecule has 0 amide bonds. The van der Waals surface area contributed by atoms with Crippen LogP contribution in [-0.2, 0) is 0 Å². The summed E-state index contributed by atoms with van der Waals surface area (Å²) in [5.74, 6) is 0.717. The summed E-state index contributed by atoms with van der Waals surface area (Å²) in [4.78, 5) is 2.35. The second kappa shape index (κ2) is 5.46. The van der Waals surface area contributed by atoms with E-state index in [0.29, 0.717) is 0 Å². The predicted molar refractivity (Wildman–Crippen MR) is 66.7 cm³/mol. The molecule has 0 spiro atoms. The molecule has 2 rings (SSSR count). The Kier molecular flexibility index (Phi) is 3.97. The van der Waals surface area contributed by atoms with Crippen molar-refractivity contribution in [2.45, 2.75) is 25.7 Å². The number of piperidine rings is 1. The van der Waals surface area contributed by atoms with Crippen molar-refractivity contribution in [2.75, 3.05) is 26.2 Å². The number of β-amino-alcohol motifs (C(OH)–C–C–N with tert-alkyl or cyclic N) is 1. The highest BCUT2D eigenvalue weighted by Crippen LogP contribution is 2.28. The van der Waals surface area contributed by atoms with E-state index in [0.717, 1.165) is 25.6 Å². The number of nitrogens with zero attached hydrogens (tertiary/aromatic N) is 1. The molecule has 0 atom stereocenters. The van der Waals surface area contributed by atoms with Crippen LogP contribution in [0.4, 0.5) is 0 Å². The van der Waals surface area contributed by atoms with Gasteiger partial charge in [0.25, 0.3) is 0 Å². The van der Waals surface area contributed by atoms with Crippen molar-refractivity contribution in [1.82, 2.24) is 4.90 Å². The van der Waals surface area contributed by atoms with Crippen LogP contribution in [0, 0.1) is 6.92 Å². The molecule has 0 bridgehead atoms. The van der Waals surface area contributed by atoms with E-state index < -0.39 is 0 Å². The molecule has 2 heteroatoms. The topological polar surface area (TPSA) is 23.5 Å². The molecular formula is C14H21NO. The maximum atomic E-state index is 8.90. The Bertz CT molecular complexity index is 329. The number of aryl methyl sites for hydroxylation is 1. The highest BCUT2D eigenvalue weighted by Gasteiger charge is 2.19. The summed E-state index contributed by atoms with van der Waals surface area (Å²) >= 11 is 0. The van der Waals surface area contributed by atoms with Gasteiger partial charge in [-0.1, -0.05) is 29.8 Å². The zero-order valence-corrected chi connectivity index (χ0v) is 10.0. The maximum Gasteiger partial charge on any atom is 0.0558 e. The molecule has 1 heterocycles. The standard InChI is InChI=1S/C14H21NO/c1-12-3-2-4-14(11-12)13-5-7-15(8-6-13)9-10-16/h2-4,11,13,16H,5-10H2,1H3. The minimum atomic E-state index is 0.287. The summed E-state index contributed by atoms with van der Waals surface area (Å²) in [6.45, 7) is 5.53. The fourth-order valence-corrected chi connectivity index (χ4v) is 2.56. The molecule has 2 nitrogen and oxygen atoms in total. The zero-order chi connectivity index (χ0) is 11.4. The molecule has 88 valence electrons. The van der Waals surface area contributed by atoms with Gasteiger partial charge in [-0.05, 0) is 44.3 Å². The van der Waals surface area contributed by atoms with Gasteiger partial charge in [0, 0.05) is 6.54 Å². The van der Waals surface area contributed by atoms with Gasteiger partial charge in [0.15, 0.2) is 0 Å². The number of aliphatic hydroxyl groups excluding tert-OH is 1. The number of likely N-dealkylation sites (tertiary alicyclic amines) is 1. The molecule has 1 aromatic carbocycles. The van der Waals surface area contributed by atoms with Crippen LogP contribution >= 0.6 is 0 Å². The first-order valence-electron chi connectivity index (χ1n) is 6.19. The summed E-state index contributed by atoms with van der Waals surface area (Å²) in [5, 5.41) is 8.90. The molecule has 1 saturated heterocycles. The molecule has 16 heavy (non-hydrogen) atoms. The Morgan fingerprint density at radius 1 is 1.31 bits per heavy atom. The average molecular weight is 219 g/mol. The molecule has 1 aromatic rings. The molecule has 1 aliphatic heterocycles. The van der Waals surface area contributed by atoms with E-state index in [4.69, 9.17) is 5.11 Å². The minimum Gasteiger partial charge on any atom is -0.395 e. The lowest BCUT2D eigenvalue weighted by Gasteiger charge is -2.31. The van der Waals surface area contributed by atoms with Gasteiger partial charge in [-0.3, -0.25) is 0 Å². The summed E-state index contributed by atoms with van der Waals surface area (Å²) in [7, 11) is 0.